The van der Waals surface area contributed by atoms with E-state index in [2.05, 4.69) is 42.3 Å². The van der Waals surface area contributed by atoms with E-state index in [1.54, 1.807) is 12.1 Å². The summed E-state index contributed by atoms with van der Waals surface area (Å²) in [5, 5.41) is 0.0136. The van der Waals surface area contributed by atoms with E-state index in [1.165, 1.54) is 11.8 Å². The molecule has 1 N–H and O–H groups in total. The first-order valence-corrected chi connectivity index (χ1v) is 11.1. The number of alkyl halides is 3. The molecule has 1 aromatic carbocycles. The number of amidine groups is 1. The predicted octanol–water partition coefficient (Wildman–Crippen LogP) is 5.26. The number of benzene rings is 1. The van der Waals surface area contributed by atoms with Gasteiger partial charge in [-0.15, -0.1) is 11.8 Å². The fourth-order valence-electron chi connectivity index (χ4n) is 3.12. The van der Waals surface area contributed by atoms with Gasteiger partial charge < -0.3 is 0 Å². The van der Waals surface area contributed by atoms with Gasteiger partial charge in [0.15, 0.2) is 5.37 Å². The fourth-order valence-corrected chi connectivity index (χ4v) is 5.79. The van der Waals surface area contributed by atoms with Gasteiger partial charge in [0.05, 0.1) is 0 Å². The molecule has 0 spiro atoms. The normalized spacial score (nSPS) is 21.8. The summed E-state index contributed by atoms with van der Waals surface area (Å²) in [7, 11) is 0. The van der Waals surface area contributed by atoms with Crippen LogP contribution in [0.5, 0.6) is 0 Å². The van der Waals surface area contributed by atoms with Crippen LogP contribution in [0.1, 0.15) is 37.7 Å². The smallest absolute Gasteiger partial charge is 0.279 e. The molecule has 1 unspecified atom stereocenters. The largest absolute Gasteiger partial charge is 0.408 e. The van der Waals surface area contributed by atoms with Crippen molar-refractivity contribution in [2.24, 2.45) is 4.99 Å². The number of nitrogens with one attached hydrogen (secondary N) is 1. The molecular weight excluding hydrogens is 511 g/mol. The van der Waals surface area contributed by atoms with Crippen LogP contribution in [0.15, 0.2) is 32.1 Å². The quantitative estimate of drug-likeness (QED) is 0.579. The Labute approximate surface area is 176 Å². The lowest BCUT2D eigenvalue weighted by atomic mass is 10.0. The Morgan fingerprint density at radius 1 is 1.15 bits per heavy atom. The van der Waals surface area contributed by atoms with Crippen molar-refractivity contribution in [1.29, 1.82) is 0 Å². The number of rotatable bonds is 4. The molecule has 4 nitrogen and oxygen atoms in total. The van der Waals surface area contributed by atoms with Gasteiger partial charge in [-0.25, -0.2) is 10.0 Å². The number of thioether (sulfide) groups is 1. The van der Waals surface area contributed by atoms with E-state index in [9.17, 15) is 18.0 Å². The summed E-state index contributed by atoms with van der Waals surface area (Å²) < 4.78 is 40.4. The van der Waals surface area contributed by atoms with Crippen LogP contribution in [0.3, 0.4) is 0 Å². The highest BCUT2D eigenvalue weighted by Crippen LogP contribution is 2.34. The molecule has 0 radical (unpaired) electrons. The van der Waals surface area contributed by atoms with Gasteiger partial charge in [0.25, 0.3) is 5.91 Å². The van der Waals surface area contributed by atoms with Gasteiger partial charge >= 0.3 is 6.18 Å². The SMILES string of the molecule is O=C1C(SC2CCCCC2)N=C(c2cc(Br)cc(Br)c2)NN1CC(F)(F)F. The lowest BCUT2D eigenvalue weighted by Crippen LogP contribution is -2.56. The minimum absolute atomic E-state index is 0.248. The molecule has 148 valence electrons. The van der Waals surface area contributed by atoms with Gasteiger partial charge in [0.1, 0.15) is 12.4 Å². The number of aliphatic imine (C=N–C) groups is 1. The lowest BCUT2D eigenvalue weighted by molar-refractivity contribution is -0.165. The molecule has 3 rings (SSSR count). The summed E-state index contributed by atoms with van der Waals surface area (Å²) in [5.74, 6) is -0.394. The average Bonchev–Trinajstić information content (AvgIpc) is 2.57. The lowest BCUT2D eigenvalue weighted by Gasteiger charge is -2.34. The first-order valence-electron chi connectivity index (χ1n) is 8.56. The summed E-state index contributed by atoms with van der Waals surface area (Å²) in [6.45, 7) is -1.36. The van der Waals surface area contributed by atoms with Crippen molar-refractivity contribution in [3.8, 4) is 0 Å². The molecule has 10 heteroatoms. The maximum atomic E-state index is 13.0. The maximum Gasteiger partial charge on any atom is 0.408 e. The molecule has 0 bridgehead atoms. The van der Waals surface area contributed by atoms with Gasteiger partial charge in [-0.1, -0.05) is 51.1 Å². The summed E-state index contributed by atoms with van der Waals surface area (Å²) in [5.41, 5.74) is 3.16. The Balaban J connectivity index is 1.89. The second-order valence-electron chi connectivity index (χ2n) is 6.54. The highest BCUT2D eigenvalue weighted by molar-refractivity contribution is 9.11. The standard InChI is InChI=1S/C17H18Br2F3N3OS/c18-11-6-10(7-12(19)8-11)14-23-15(27-13-4-2-1-3-5-13)16(26)25(24-14)9-17(20,21)22/h6-8,13,15H,1-5,9H2,(H,23,24). The molecule has 1 aliphatic carbocycles. The van der Waals surface area contributed by atoms with Crippen LogP contribution in [-0.2, 0) is 4.79 Å². The molecular formula is C17H18Br2F3N3OS. The monoisotopic (exact) mass is 527 g/mol. The molecule has 1 atom stereocenters. The van der Waals surface area contributed by atoms with Crippen LogP contribution >= 0.6 is 43.6 Å². The van der Waals surface area contributed by atoms with Crippen molar-refractivity contribution in [2.45, 2.75) is 48.9 Å². The topological polar surface area (TPSA) is 44.7 Å². The Hall–Kier alpha value is -0.740. The molecule has 1 aliphatic heterocycles. The van der Waals surface area contributed by atoms with Crippen molar-refractivity contribution < 1.29 is 18.0 Å². The molecule has 1 saturated carbocycles. The van der Waals surface area contributed by atoms with Gasteiger partial charge in [0, 0.05) is 19.8 Å². The van der Waals surface area contributed by atoms with E-state index in [0.29, 0.717) is 10.6 Å². The van der Waals surface area contributed by atoms with Crippen molar-refractivity contribution in [3.05, 3.63) is 32.7 Å². The maximum absolute atomic E-state index is 13.0. The Morgan fingerprint density at radius 3 is 2.37 bits per heavy atom. The first kappa shape index (κ1) is 21.0. The van der Waals surface area contributed by atoms with Gasteiger partial charge in [0.2, 0.25) is 0 Å². The van der Waals surface area contributed by atoms with Crippen molar-refractivity contribution in [2.75, 3.05) is 6.54 Å². The molecule has 1 heterocycles. The molecule has 0 saturated heterocycles. The van der Waals surface area contributed by atoms with Gasteiger partial charge in [-0.2, -0.15) is 13.2 Å². The van der Waals surface area contributed by atoms with Crippen molar-refractivity contribution in [3.63, 3.8) is 0 Å². The van der Waals surface area contributed by atoms with Crippen LogP contribution in [-0.4, -0.2) is 40.1 Å². The number of carbonyl (C=O) groups is 1. The van der Waals surface area contributed by atoms with E-state index in [0.717, 1.165) is 41.0 Å². The molecule has 1 amide bonds. The zero-order valence-corrected chi connectivity index (χ0v) is 18.2. The van der Waals surface area contributed by atoms with Crippen molar-refractivity contribution >= 4 is 55.4 Å². The number of halogens is 5. The fraction of sp³-hybridized carbons (Fsp3) is 0.529. The zero-order valence-electron chi connectivity index (χ0n) is 14.2. The van der Waals surface area contributed by atoms with Crippen molar-refractivity contribution in [1.82, 2.24) is 10.4 Å². The summed E-state index contributed by atoms with van der Waals surface area (Å²) >= 11 is 8.12. The second kappa shape index (κ2) is 8.73. The van der Waals surface area contributed by atoms with E-state index >= 15 is 0 Å². The van der Waals surface area contributed by atoms with E-state index < -0.39 is 24.0 Å². The van der Waals surface area contributed by atoms with Crippen LogP contribution in [0.4, 0.5) is 13.2 Å². The third-order valence-corrected chi connectivity index (χ3v) is 6.65. The molecule has 1 fully saturated rings. The molecule has 0 aromatic heterocycles. The summed E-state index contributed by atoms with van der Waals surface area (Å²) in [6.07, 6.45) is 0.764. The molecule has 27 heavy (non-hydrogen) atoms. The zero-order chi connectivity index (χ0) is 19.6. The Bertz CT molecular complexity index is 718. The first-order chi connectivity index (χ1) is 12.7. The van der Waals surface area contributed by atoms with E-state index in [1.807, 2.05) is 6.07 Å². The van der Waals surface area contributed by atoms with Gasteiger partial charge in [-0.3, -0.25) is 10.2 Å². The van der Waals surface area contributed by atoms with Gasteiger partial charge in [-0.05, 0) is 31.0 Å². The second-order valence-corrected chi connectivity index (χ2v) is 9.75. The Morgan fingerprint density at radius 2 is 1.78 bits per heavy atom. The van der Waals surface area contributed by atoms with E-state index in [-0.39, 0.29) is 11.1 Å². The highest BCUT2D eigenvalue weighted by atomic mass is 79.9. The third-order valence-electron chi connectivity index (χ3n) is 4.31. The van der Waals surface area contributed by atoms with Crippen LogP contribution in [0.2, 0.25) is 0 Å². The minimum atomic E-state index is -4.50. The highest BCUT2D eigenvalue weighted by Gasteiger charge is 2.39. The average molecular weight is 529 g/mol. The molecule has 1 aromatic rings. The predicted molar refractivity (Wildman–Crippen MR) is 108 cm³/mol. The Kier molecular flexibility index (Phi) is 6.79. The number of hydrogen-bond acceptors (Lipinski definition) is 4. The number of hydrazine groups is 1. The third kappa shape index (κ3) is 5.87. The number of amides is 1. The summed E-state index contributed by atoms with van der Waals surface area (Å²) in [6, 6.07) is 5.32. The number of hydrogen-bond donors (Lipinski definition) is 1. The molecule has 2 aliphatic rings. The summed E-state index contributed by atoms with van der Waals surface area (Å²) in [4.78, 5) is 17.1. The van der Waals surface area contributed by atoms with Crippen LogP contribution in [0.25, 0.3) is 0 Å². The minimum Gasteiger partial charge on any atom is -0.279 e. The number of nitrogens with zero attached hydrogens (tertiary/aromatic N) is 2. The van der Waals surface area contributed by atoms with E-state index in [4.69, 9.17) is 0 Å². The number of carbonyl (C=O) groups excluding carboxylic acids is 1. The van der Waals surface area contributed by atoms with Crippen LogP contribution < -0.4 is 5.43 Å². The van der Waals surface area contributed by atoms with Crippen LogP contribution in [0, 0.1) is 0 Å².